The molecule has 5 nitrogen and oxygen atoms in total. The first kappa shape index (κ1) is 19.6. The Morgan fingerprint density at radius 3 is 2.63 bits per heavy atom. The van der Waals surface area contributed by atoms with E-state index in [4.69, 9.17) is 0 Å². The zero-order chi connectivity index (χ0) is 19.4. The quantitative estimate of drug-likeness (QED) is 0.815. The normalized spacial score (nSPS) is 16.5. The van der Waals surface area contributed by atoms with Crippen LogP contribution in [0.25, 0.3) is 0 Å². The third-order valence-corrected chi connectivity index (χ3v) is 5.28. The number of hydrogen-bond acceptors (Lipinski definition) is 5. The maximum Gasteiger partial charge on any atom is 0.138 e. The number of aryl methyl sites for hydroxylation is 1. The lowest BCUT2D eigenvalue weighted by Crippen LogP contribution is -2.46. The molecular formula is C21H29FN4O. The van der Waals surface area contributed by atoms with Crippen molar-refractivity contribution >= 4 is 5.69 Å². The predicted octanol–water partition coefficient (Wildman–Crippen LogP) is 3.23. The van der Waals surface area contributed by atoms with Crippen LogP contribution in [0.15, 0.2) is 30.3 Å². The summed E-state index contributed by atoms with van der Waals surface area (Å²) in [5.74, 6) is -0.0541. The van der Waals surface area contributed by atoms with Crippen LogP contribution in [-0.2, 0) is 6.54 Å². The Hall–Kier alpha value is -2.18. The Balaban J connectivity index is 1.75. The van der Waals surface area contributed by atoms with Crippen molar-refractivity contribution < 1.29 is 9.50 Å². The summed E-state index contributed by atoms with van der Waals surface area (Å²) in [6.45, 7) is 11.5. The summed E-state index contributed by atoms with van der Waals surface area (Å²) in [5, 5.41) is 13.4. The van der Waals surface area contributed by atoms with E-state index >= 15 is 0 Å². The summed E-state index contributed by atoms with van der Waals surface area (Å²) in [6.07, 6.45) is 0. The Labute approximate surface area is 160 Å². The van der Waals surface area contributed by atoms with E-state index in [0.29, 0.717) is 12.2 Å². The highest BCUT2D eigenvalue weighted by Crippen LogP contribution is 2.29. The van der Waals surface area contributed by atoms with Crippen LogP contribution >= 0.6 is 0 Å². The van der Waals surface area contributed by atoms with E-state index in [1.54, 1.807) is 18.2 Å². The second-order valence-electron chi connectivity index (χ2n) is 7.15. The van der Waals surface area contributed by atoms with Gasteiger partial charge in [-0.05, 0) is 56.3 Å². The summed E-state index contributed by atoms with van der Waals surface area (Å²) in [4.78, 5) is 9.14. The molecule has 0 amide bonds. The maximum absolute atomic E-state index is 14.0. The van der Waals surface area contributed by atoms with Gasteiger partial charge in [0.2, 0.25) is 0 Å². The van der Waals surface area contributed by atoms with E-state index in [1.807, 2.05) is 19.9 Å². The number of nitrogens with one attached hydrogen (secondary N) is 1. The van der Waals surface area contributed by atoms with Gasteiger partial charge in [-0.25, -0.2) is 4.39 Å². The van der Waals surface area contributed by atoms with Crippen molar-refractivity contribution in [1.82, 2.24) is 15.2 Å². The minimum Gasteiger partial charge on any atom is -0.506 e. The van der Waals surface area contributed by atoms with E-state index in [9.17, 15) is 9.50 Å². The summed E-state index contributed by atoms with van der Waals surface area (Å²) < 4.78 is 14.0. The fourth-order valence-electron chi connectivity index (χ4n) is 3.56. The molecule has 0 spiro atoms. The standard InChI is InChI=1S/C21H29FN4O/c1-4-25-9-11-26(12-10-25)20-7-6-17(22)13-18(20)16(3)23-14-19-21(27)8-5-15(2)24-19/h5-8,13,16,23,27H,4,9-12,14H2,1-3H3/t16-/m1/s1. The summed E-state index contributed by atoms with van der Waals surface area (Å²) in [6, 6.07) is 8.40. The van der Waals surface area contributed by atoms with Crippen LogP contribution in [0.2, 0.25) is 0 Å². The Morgan fingerprint density at radius 1 is 1.19 bits per heavy atom. The van der Waals surface area contributed by atoms with E-state index in [2.05, 4.69) is 27.0 Å². The second-order valence-corrected chi connectivity index (χ2v) is 7.15. The molecule has 1 aromatic heterocycles. The number of aromatic nitrogens is 1. The lowest BCUT2D eigenvalue weighted by Gasteiger charge is -2.37. The molecule has 6 heteroatoms. The first-order chi connectivity index (χ1) is 13.0. The van der Waals surface area contributed by atoms with Gasteiger partial charge in [-0.2, -0.15) is 0 Å². The van der Waals surface area contributed by atoms with Gasteiger partial charge >= 0.3 is 0 Å². The van der Waals surface area contributed by atoms with Crippen molar-refractivity contribution in [1.29, 1.82) is 0 Å². The third kappa shape index (κ3) is 4.76. The topological polar surface area (TPSA) is 51.6 Å². The van der Waals surface area contributed by atoms with Gasteiger partial charge in [0.25, 0.3) is 0 Å². The van der Waals surface area contributed by atoms with Crippen molar-refractivity contribution in [3.8, 4) is 5.75 Å². The molecule has 2 aromatic rings. The number of benzene rings is 1. The van der Waals surface area contributed by atoms with Crippen molar-refractivity contribution in [3.05, 3.63) is 53.1 Å². The largest absolute Gasteiger partial charge is 0.506 e. The van der Waals surface area contributed by atoms with Crippen LogP contribution in [-0.4, -0.2) is 47.7 Å². The van der Waals surface area contributed by atoms with Gasteiger partial charge in [0.05, 0.1) is 5.69 Å². The van der Waals surface area contributed by atoms with Crippen molar-refractivity contribution in [2.24, 2.45) is 0 Å². The lowest BCUT2D eigenvalue weighted by molar-refractivity contribution is 0.271. The molecule has 1 aromatic carbocycles. The summed E-state index contributed by atoms with van der Waals surface area (Å²) in [5.41, 5.74) is 3.48. The van der Waals surface area contributed by atoms with Crippen LogP contribution in [0.1, 0.15) is 36.8 Å². The van der Waals surface area contributed by atoms with Crippen molar-refractivity contribution in [2.75, 3.05) is 37.6 Å². The smallest absolute Gasteiger partial charge is 0.138 e. The van der Waals surface area contributed by atoms with E-state index in [1.165, 1.54) is 6.07 Å². The number of likely N-dealkylation sites (N-methyl/N-ethyl adjacent to an activating group) is 1. The molecule has 2 heterocycles. The summed E-state index contributed by atoms with van der Waals surface area (Å²) in [7, 11) is 0. The molecule has 2 N–H and O–H groups in total. The molecule has 0 bridgehead atoms. The number of anilines is 1. The summed E-state index contributed by atoms with van der Waals surface area (Å²) >= 11 is 0. The molecule has 0 saturated carbocycles. The molecule has 1 fully saturated rings. The van der Waals surface area contributed by atoms with Crippen molar-refractivity contribution in [3.63, 3.8) is 0 Å². The molecule has 146 valence electrons. The van der Waals surface area contributed by atoms with Gasteiger partial charge in [0, 0.05) is 50.1 Å². The van der Waals surface area contributed by atoms with Gasteiger partial charge in [-0.3, -0.25) is 4.98 Å². The number of nitrogens with zero attached hydrogens (tertiary/aromatic N) is 3. The fraction of sp³-hybridized carbons (Fsp3) is 0.476. The van der Waals surface area contributed by atoms with Crippen molar-refractivity contribution in [2.45, 2.75) is 33.4 Å². The molecule has 1 aliphatic heterocycles. The second kappa shape index (κ2) is 8.67. The molecule has 3 rings (SSSR count). The highest BCUT2D eigenvalue weighted by atomic mass is 19.1. The molecule has 0 aliphatic carbocycles. The van der Waals surface area contributed by atoms with Gasteiger partial charge in [0.15, 0.2) is 0 Å². The Morgan fingerprint density at radius 2 is 1.93 bits per heavy atom. The van der Waals surface area contributed by atoms with Gasteiger partial charge < -0.3 is 20.2 Å². The predicted molar refractivity (Wildman–Crippen MR) is 107 cm³/mol. The van der Waals surface area contributed by atoms with E-state index in [-0.39, 0.29) is 17.6 Å². The monoisotopic (exact) mass is 372 g/mol. The Bertz CT molecular complexity index is 775. The first-order valence-corrected chi connectivity index (χ1v) is 9.63. The number of pyridine rings is 1. The average molecular weight is 372 g/mol. The average Bonchev–Trinajstić information content (AvgIpc) is 2.68. The molecule has 0 unspecified atom stereocenters. The number of rotatable bonds is 6. The number of hydrogen-bond donors (Lipinski definition) is 2. The fourth-order valence-corrected chi connectivity index (χ4v) is 3.56. The lowest BCUT2D eigenvalue weighted by atomic mass is 10.0. The maximum atomic E-state index is 14.0. The molecular weight excluding hydrogens is 343 g/mol. The molecule has 1 aliphatic rings. The third-order valence-electron chi connectivity index (χ3n) is 5.28. The first-order valence-electron chi connectivity index (χ1n) is 9.63. The zero-order valence-corrected chi connectivity index (χ0v) is 16.4. The van der Waals surface area contributed by atoms with Gasteiger partial charge in [-0.15, -0.1) is 0 Å². The zero-order valence-electron chi connectivity index (χ0n) is 16.4. The number of aromatic hydroxyl groups is 1. The minimum atomic E-state index is -0.230. The van der Waals surface area contributed by atoms with Crippen LogP contribution in [0.5, 0.6) is 5.75 Å². The minimum absolute atomic E-state index is 0.0679. The van der Waals surface area contributed by atoms with Crippen LogP contribution in [0.3, 0.4) is 0 Å². The van der Waals surface area contributed by atoms with Crippen LogP contribution in [0, 0.1) is 12.7 Å². The number of halogens is 1. The molecule has 1 atom stereocenters. The van der Waals surface area contributed by atoms with Gasteiger partial charge in [0.1, 0.15) is 11.6 Å². The van der Waals surface area contributed by atoms with Crippen LogP contribution < -0.4 is 10.2 Å². The SMILES string of the molecule is CCN1CCN(c2ccc(F)cc2[C@@H](C)NCc2nc(C)ccc2O)CC1. The molecule has 1 saturated heterocycles. The highest BCUT2D eigenvalue weighted by molar-refractivity contribution is 5.55. The molecule has 0 radical (unpaired) electrons. The van der Waals surface area contributed by atoms with Crippen LogP contribution in [0.4, 0.5) is 10.1 Å². The molecule has 27 heavy (non-hydrogen) atoms. The highest BCUT2D eigenvalue weighted by Gasteiger charge is 2.21. The Kier molecular flexibility index (Phi) is 6.29. The van der Waals surface area contributed by atoms with E-state index < -0.39 is 0 Å². The van der Waals surface area contributed by atoms with Gasteiger partial charge in [-0.1, -0.05) is 6.92 Å². The number of piperazine rings is 1. The van der Waals surface area contributed by atoms with E-state index in [0.717, 1.165) is 49.7 Å².